The standard InChI is InChI=1S/C29H17Br2N3/c30-18-14-23-27(32-16-18)28-24(15-19(31)17-33-28)29(23)21-10-4-6-12-25(21)34(20-8-2-1-3-9-20)26-13-7-5-11-22(26)29/h1-17H. The van der Waals surface area contributed by atoms with E-state index in [0.29, 0.717) is 0 Å². The average Bonchev–Trinajstić information content (AvgIpc) is 3.14. The molecule has 0 radical (unpaired) electrons. The molecule has 3 nitrogen and oxygen atoms in total. The van der Waals surface area contributed by atoms with Gasteiger partial charge in [0.25, 0.3) is 0 Å². The second-order valence-corrected chi connectivity index (χ2v) is 10.4. The number of fused-ring (bicyclic) bond motifs is 9. The highest BCUT2D eigenvalue weighted by Crippen LogP contribution is 2.62. The maximum Gasteiger partial charge on any atom is 0.0938 e. The third kappa shape index (κ3) is 2.57. The van der Waals surface area contributed by atoms with Gasteiger partial charge < -0.3 is 4.90 Å². The van der Waals surface area contributed by atoms with Crippen molar-refractivity contribution < 1.29 is 0 Å². The van der Waals surface area contributed by atoms with Crippen LogP contribution in [-0.2, 0) is 5.41 Å². The number of hydrogen-bond donors (Lipinski definition) is 0. The highest BCUT2D eigenvalue weighted by atomic mass is 79.9. The molecule has 0 saturated heterocycles. The Hall–Kier alpha value is -3.28. The first-order valence-electron chi connectivity index (χ1n) is 11.1. The summed E-state index contributed by atoms with van der Waals surface area (Å²) in [6.45, 7) is 0. The predicted molar refractivity (Wildman–Crippen MR) is 143 cm³/mol. The van der Waals surface area contributed by atoms with Crippen molar-refractivity contribution in [2.75, 3.05) is 4.90 Å². The molecule has 2 aromatic heterocycles. The number of pyridine rings is 2. The zero-order valence-corrected chi connectivity index (χ0v) is 21.1. The molecule has 0 bridgehead atoms. The molecule has 3 aromatic carbocycles. The van der Waals surface area contributed by atoms with Gasteiger partial charge >= 0.3 is 0 Å². The smallest absolute Gasteiger partial charge is 0.0938 e. The maximum absolute atomic E-state index is 4.86. The van der Waals surface area contributed by atoms with Gasteiger partial charge in [-0.2, -0.15) is 0 Å². The predicted octanol–water partition coefficient (Wildman–Crippen LogP) is 8.15. The first kappa shape index (κ1) is 20.1. The molecule has 0 saturated carbocycles. The number of nitrogens with zero attached hydrogens (tertiary/aromatic N) is 3. The number of aromatic nitrogens is 2. The minimum atomic E-state index is -0.531. The molecule has 0 amide bonds. The topological polar surface area (TPSA) is 29.0 Å². The van der Waals surface area contributed by atoms with Crippen LogP contribution in [0.15, 0.2) is 112 Å². The Morgan fingerprint density at radius 1 is 0.559 bits per heavy atom. The van der Waals surface area contributed by atoms with Crippen molar-refractivity contribution in [2.45, 2.75) is 5.41 Å². The van der Waals surface area contributed by atoms with Crippen molar-refractivity contribution in [3.8, 4) is 11.4 Å². The molecule has 5 aromatic rings. The van der Waals surface area contributed by atoms with E-state index in [4.69, 9.17) is 9.97 Å². The van der Waals surface area contributed by atoms with E-state index < -0.39 is 5.41 Å². The van der Waals surface area contributed by atoms with Crippen LogP contribution in [0.1, 0.15) is 22.3 Å². The molecule has 2 aliphatic rings. The molecule has 1 aliphatic heterocycles. The summed E-state index contributed by atoms with van der Waals surface area (Å²) in [7, 11) is 0. The van der Waals surface area contributed by atoms with Crippen molar-refractivity contribution in [3.05, 3.63) is 135 Å². The van der Waals surface area contributed by atoms with Crippen LogP contribution >= 0.6 is 31.9 Å². The summed E-state index contributed by atoms with van der Waals surface area (Å²) in [5.41, 5.74) is 9.52. The minimum absolute atomic E-state index is 0.531. The van der Waals surface area contributed by atoms with Crippen molar-refractivity contribution in [1.29, 1.82) is 0 Å². The normalized spacial score (nSPS) is 14.4. The lowest BCUT2D eigenvalue weighted by Crippen LogP contribution is -2.36. The van der Waals surface area contributed by atoms with Crippen LogP contribution in [0.3, 0.4) is 0 Å². The van der Waals surface area contributed by atoms with E-state index >= 15 is 0 Å². The third-order valence-electron chi connectivity index (χ3n) is 6.85. The van der Waals surface area contributed by atoms with Crippen molar-refractivity contribution in [1.82, 2.24) is 9.97 Å². The zero-order chi connectivity index (χ0) is 22.9. The molecule has 0 unspecified atom stereocenters. The number of benzene rings is 3. The van der Waals surface area contributed by atoms with Gasteiger partial charge in [0.2, 0.25) is 0 Å². The fourth-order valence-electron chi connectivity index (χ4n) is 5.65. The summed E-state index contributed by atoms with van der Waals surface area (Å²) >= 11 is 7.40. The van der Waals surface area contributed by atoms with E-state index in [1.54, 1.807) is 0 Å². The lowest BCUT2D eigenvalue weighted by molar-refractivity contribution is 0.748. The highest BCUT2D eigenvalue weighted by Gasteiger charge is 2.53. The number of rotatable bonds is 1. The molecule has 0 fully saturated rings. The van der Waals surface area contributed by atoms with Gasteiger partial charge in [-0.15, -0.1) is 0 Å². The highest BCUT2D eigenvalue weighted by molar-refractivity contribution is 9.10. The van der Waals surface area contributed by atoms with Crippen LogP contribution in [0.2, 0.25) is 0 Å². The van der Waals surface area contributed by atoms with Gasteiger partial charge in [-0.25, -0.2) is 0 Å². The molecule has 3 heterocycles. The lowest BCUT2D eigenvalue weighted by atomic mass is 9.65. The van der Waals surface area contributed by atoms with E-state index in [1.165, 1.54) is 11.1 Å². The van der Waals surface area contributed by atoms with Crippen molar-refractivity contribution >= 4 is 48.9 Å². The van der Waals surface area contributed by atoms with Gasteiger partial charge in [-0.1, -0.05) is 54.6 Å². The maximum atomic E-state index is 4.86. The van der Waals surface area contributed by atoms with Gasteiger partial charge in [0.05, 0.1) is 28.2 Å². The van der Waals surface area contributed by atoms with E-state index in [0.717, 1.165) is 48.5 Å². The molecular weight excluding hydrogens is 550 g/mol. The summed E-state index contributed by atoms with van der Waals surface area (Å²) < 4.78 is 1.91. The number of para-hydroxylation sites is 3. The van der Waals surface area contributed by atoms with Gasteiger partial charge in [0, 0.05) is 38.2 Å². The number of hydrogen-bond acceptors (Lipinski definition) is 3. The fraction of sp³-hybridized carbons (Fsp3) is 0.0345. The van der Waals surface area contributed by atoms with Crippen molar-refractivity contribution in [2.24, 2.45) is 0 Å². The fourth-order valence-corrected chi connectivity index (χ4v) is 6.32. The van der Waals surface area contributed by atoms with Crippen LogP contribution in [0.25, 0.3) is 11.4 Å². The molecule has 34 heavy (non-hydrogen) atoms. The summed E-state index contributed by atoms with van der Waals surface area (Å²) in [4.78, 5) is 12.1. The summed E-state index contributed by atoms with van der Waals surface area (Å²) in [5.74, 6) is 0. The molecular formula is C29H17Br2N3. The molecule has 5 heteroatoms. The Kier molecular flexibility index (Phi) is 4.36. The monoisotopic (exact) mass is 565 g/mol. The van der Waals surface area contributed by atoms with Crippen molar-refractivity contribution in [3.63, 3.8) is 0 Å². The van der Waals surface area contributed by atoms with E-state index in [2.05, 4.69) is 128 Å². The lowest BCUT2D eigenvalue weighted by Gasteiger charge is -2.44. The second kappa shape index (κ2) is 7.36. The molecule has 1 spiro atoms. The summed E-state index contributed by atoms with van der Waals surface area (Å²) in [5, 5.41) is 0. The Bertz CT molecular complexity index is 1500. The quantitative estimate of drug-likeness (QED) is 0.201. The summed E-state index contributed by atoms with van der Waals surface area (Å²) in [6.07, 6.45) is 3.73. The Morgan fingerprint density at radius 2 is 1.03 bits per heavy atom. The summed E-state index contributed by atoms with van der Waals surface area (Å²) in [6, 6.07) is 32.4. The SMILES string of the molecule is Brc1cnc2c(c1)C1(c3ccccc3N(c3ccccc3)c3ccccc31)c1cc(Br)cnc1-2. The van der Waals surface area contributed by atoms with E-state index in [9.17, 15) is 0 Å². The number of halogens is 2. The van der Waals surface area contributed by atoms with Crippen LogP contribution in [-0.4, -0.2) is 9.97 Å². The Labute approximate surface area is 214 Å². The van der Waals surface area contributed by atoms with Crippen LogP contribution in [0.4, 0.5) is 17.1 Å². The van der Waals surface area contributed by atoms with E-state index in [1.807, 2.05) is 12.4 Å². The molecule has 0 N–H and O–H groups in total. The van der Waals surface area contributed by atoms with Gasteiger partial charge in [0.15, 0.2) is 0 Å². The second-order valence-electron chi connectivity index (χ2n) is 8.55. The van der Waals surface area contributed by atoms with E-state index in [-0.39, 0.29) is 0 Å². The first-order valence-corrected chi connectivity index (χ1v) is 12.6. The minimum Gasteiger partial charge on any atom is -0.310 e. The van der Waals surface area contributed by atoms with Gasteiger partial charge in [-0.05, 0) is 79.4 Å². The van der Waals surface area contributed by atoms with Crippen LogP contribution < -0.4 is 4.90 Å². The Morgan fingerprint density at radius 3 is 1.56 bits per heavy atom. The molecule has 162 valence electrons. The number of anilines is 3. The zero-order valence-electron chi connectivity index (χ0n) is 17.9. The molecule has 1 aliphatic carbocycles. The molecule has 0 atom stereocenters. The third-order valence-corrected chi connectivity index (χ3v) is 7.72. The van der Waals surface area contributed by atoms with Crippen LogP contribution in [0.5, 0.6) is 0 Å². The van der Waals surface area contributed by atoms with Gasteiger partial charge in [0.1, 0.15) is 0 Å². The Balaban J connectivity index is 1.68. The average molecular weight is 567 g/mol. The largest absolute Gasteiger partial charge is 0.310 e. The first-order chi connectivity index (χ1) is 16.7. The van der Waals surface area contributed by atoms with Crippen LogP contribution in [0, 0.1) is 0 Å². The molecule has 7 rings (SSSR count). The van der Waals surface area contributed by atoms with Gasteiger partial charge in [-0.3, -0.25) is 9.97 Å².